The van der Waals surface area contributed by atoms with Crippen LogP contribution in [0.1, 0.15) is 18.0 Å². The van der Waals surface area contributed by atoms with E-state index in [-0.39, 0.29) is 30.8 Å². The second-order valence-corrected chi connectivity index (χ2v) is 7.44. The maximum absolute atomic E-state index is 14.2. The van der Waals surface area contributed by atoms with Gasteiger partial charge >= 0.3 is 6.03 Å². The molecule has 0 aromatic carbocycles. The van der Waals surface area contributed by atoms with Crippen molar-refractivity contribution < 1.29 is 18.3 Å². The van der Waals surface area contributed by atoms with Gasteiger partial charge in [0.2, 0.25) is 5.82 Å². The van der Waals surface area contributed by atoms with E-state index in [0.717, 1.165) is 12.4 Å². The molecule has 3 aromatic heterocycles. The molecule has 0 N–H and O–H groups in total. The zero-order chi connectivity index (χ0) is 22.2. The molecule has 5 rings (SSSR count). The molecule has 2 aliphatic heterocycles. The molecule has 1 saturated heterocycles. The van der Waals surface area contributed by atoms with Gasteiger partial charge in [-0.25, -0.2) is 19.2 Å². The number of ether oxygens (including phenoxy) is 1. The Balaban J connectivity index is 1.23. The lowest BCUT2D eigenvalue weighted by molar-refractivity contribution is 0.0230. The van der Waals surface area contributed by atoms with Gasteiger partial charge < -0.3 is 9.64 Å². The lowest BCUT2D eigenvalue weighted by Gasteiger charge is -2.40. The molecule has 1 atom stereocenters. The Morgan fingerprint density at radius 2 is 2.06 bits per heavy atom. The fourth-order valence-electron chi connectivity index (χ4n) is 3.61. The number of rotatable bonds is 4. The minimum absolute atomic E-state index is 0.184. The molecule has 3 aromatic rings. The predicted molar refractivity (Wildman–Crippen MR) is 107 cm³/mol. The first-order chi connectivity index (χ1) is 15.5. The molecule has 5 heterocycles. The lowest BCUT2D eigenvalue weighted by Crippen LogP contribution is -2.59. The molecule has 10 nitrogen and oxygen atoms in total. The number of carbonyl (C=O) groups is 1. The van der Waals surface area contributed by atoms with Crippen LogP contribution in [-0.4, -0.2) is 66.1 Å². The minimum atomic E-state index is -0.691. The van der Waals surface area contributed by atoms with Crippen LogP contribution in [0.5, 0.6) is 5.88 Å². The molecular weight excluding hydrogens is 422 g/mol. The lowest BCUT2D eigenvalue weighted by atomic mass is 10.1. The quantitative estimate of drug-likeness (QED) is 0.616. The van der Waals surface area contributed by atoms with Crippen LogP contribution in [0.15, 0.2) is 42.0 Å². The van der Waals surface area contributed by atoms with Crippen molar-refractivity contribution in [3.8, 4) is 17.4 Å². The summed E-state index contributed by atoms with van der Waals surface area (Å²) in [5.74, 6) is -1.07. The number of aryl methyl sites for hydroxylation is 1. The molecule has 164 valence electrons. The maximum Gasteiger partial charge on any atom is 0.341 e. The molecule has 12 heteroatoms. The van der Waals surface area contributed by atoms with Crippen LogP contribution < -0.4 is 4.74 Å². The van der Waals surface area contributed by atoms with Crippen molar-refractivity contribution in [2.24, 2.45) is 12.1 Å². The van der Waals surface area contributed by atoms with Crippen molar-refractivity contribution in [2.45, 2.75) is 18.6 Å². The van der Waals surface area contributed by atoms with Crippen LogP contribution in [0, 0.1) is 11.6 Å². The molecule has 2 aliphatic rings. The second kappa shape index (κ2) is 7.94. The molecule has 0 aliphatic carbocycles. The fourth-order valence-corrected chi connectivity index (χ4v) is 3.61. The van der Waals surface area contributed by atoms with Gasteiger partial charge in [-0.05, 0) is 17.7 Å². The van der Waals surface area contributed by atoms with Gasteiger partial charge in [0.05, 0.1) is 31.5 Å². The van der Waals surface area contributed by atoms with Gasteiger partial charge in [-0.15, -0.1) is 0 Å². The summed E-state index contributed by atoms with van der Waals surface area (Å²) in [5.41, 5.74) is 1.18. The van der Waals surface area contributed by atoms with Crippen molar-refractivity contribution in [3.05, 3.63) is 54.1 Å². The molecule has 0 saturated carbocycles. The van der Waals surface area contributed by atoms with E-state index >= 15 is 0 Å². The Hall–Kier alpha value is -3.96. The number of hydrazone groups is 1. The fraction of sp³-hybridized carbons (Fsp3) is 0.300. The number of aromatic nitrogens is 5. The van der Waals surface area contributed by atoms with Crippen molar-refractivity contribution in [3.63, 3.8) is 0 Å². The number of hydrogen-bond acceptors (Lipinski definition) is 7. The molecule has 1 unspecified atom stereocenters. The molecule has 32 heavy (non-hydrogen) atoms. The number of nitrogens with zero attached hydrogens (tertiary/aromatic N) is 8. The third-order valence-electron chi connectivity index (χ3n) is 5.30. The topological polar surface area (TPSA) is 102 Å². The average molecular weight is 440 g/mol. The number of halogens is 2. The van der Waals surface area contributed by atoms with Crippen LogP contribution in [-0.2, 0) is 7.05 Å². The normalized spacial score (nSPS) is 18.2. The summed E-state index contributed by atoms with van der Waals surface area (Å²) < 4.78 is 35.0. The highest BCUT2D eigenvalue weighted by molar-refractivity contribution is 5.79. The van der Waals surface area contributed by atoms with Gasteiger partial charge in [0, 0.05) is 32.1 Å². The second-order valence-electron chi connectivity index (χ2n) is 7.44. The van der Waals surface area contributed by atoms with E-state index in [1.54, 1.807) is 30.2 Å². The number of amides is 2. The van der Waals surface area contributed by atoms with Crippen LogP contribution in [0.4, 0.5) is 13.6 Å². The summed E-state index contributed by atoms with van der Waals surface area (Å²) in [5, 5.41) is 9.49. The Bertz CT molecular complexity index is 1190. The van der Waals surface area contributed by atoms with Gasteiger partial charge in [0.15, 0.2) is 5.82 Å². The van der Waals surface area contributed by atoms with E-state index in [1.807, 2.05) is 0 Å². The Morgan fingerprint density at radius 3 is 2.81 bits per heavy atom. The third-order valence-corrected chi connectivity index (χ3v) is 5.30. The summed E-state index contributed by atoms with van der Waals surface area (Å²) in [4.78, 5) is 26.4. The first-order valence-corrected chi connectivity index (χ1v) is 9.88. The van der Waals surface area contributed by atoms with Gasteiger partial charge in [-0.3, -0.25) is 9.67 Å². The zero-order valence-electron chi connectivity index (χ0n) is 17.0. The number of urea groups is 1. The number of likely N-dealkylation sites (tertiary alicyclic amines) is 1. The van der Waals surface area contributed by atoms with Crippen LogP contribution in [0.3, 0.4) is 0 Å². The summed E-state index contributed by atoms with van der Waals surface area (Å²) in [7, 11) is 1.73. The summed E-state index contributed by atoms with van der Waals surface area (Å²) >= 11 is 0. The average Bonchev–Trinajstić information content (AvgIpc) is 3.40. The molecule has 0 spiro atoms. The Kier molecular flexibility index (Phi) is 4.96. The molecular formula is C20H18F2N8O2. The monoisotopic (exact) mass is 440 g/mol. The first kappa shape index (κ1) is 20.0. The van der Waals surface area contributed by atoms with Gasteiger partial charge in [-0.2, -0.15) is 19.6 Å². The maximum atomic E-state index is 14.2. The number of hydrogen-bond donors (Lipinski definition) is 0. The van der Waals surface area contributed by atoms with Gasteiger partial charge in [0.1, 0.15) is 17.6 Å². The highest BCUT2D eigenvalue weighted by atomic mass is 19.1. The summed E-state index contributed by atoms with van der Waals surface area (Å²) in [6.45, 7) is 0.479. The number of carbonyl (C=O) groups excluding carboxylic acids is 1. The van der Waals surface area contributed by atoms with Gasteiger partial charge in [0.25, 0.3) is 5.88 Å². The largest absolute Gasteiger partial charge is 0.468 e. The Morgan fingerprint density at radius 1 is 1.22 bits per heavy atom. The zero-order valence-corrected chi connectivity index (χ0v) is 17.0. The van der Waals surface area contributed by atoms with E-state index in [0.29, 0.717) is 17.7 Å². The standard InChI is InChI=1S/C20H18F2N8O2/c1-28-17(3-4-25-28)18-24-9-15(22)19(27-18)32-14-10-29(11-14)20(31)30-16(2-5-26-30)12-6-13(21)8-23-7-12/h3-9,14,16H,2,10-11H2,1H3. The van der Waals surface area contributed by atoms with Crippen molar-refractivity contribution >= 4 is 12.2 Å². The van der Waals surface area contributed by atoms with Crippen molar-refractivity contribution in [1.82, 2.24) is 34.6 Å². The van der Waals surface area contributed by atoms with Gasteiger partial charge in [-0.1, -0.05) is 0 Å². The van der Waals surface area contributed by atoms with E-state index in [9.17, 15) is 13.6 Å². The van der Waals surface area contributed by atoms with Crippen molar-refractivity contribution in [1.29, 1.82) is 0 Å². The molecule has 0 bridgehead atoms. The number of pyridine rings is 1. The SMILES string of the molecule is Cn1nccc1-c1ncc(F)c(OC2CN(C(=O)N3N=CCC3c3cncc(F)c3)C2)n1. The van der Waals surface area contributed by atoms with Crippen LogP contribution in [0.2, 0.25) is 0 Å². The van der Waals surface area contributed by atoms with Crippen LogP contribution in [0.25, 0.3) is 11.5 Å². The molecule has 1 fully saturated rings. The molecule has 2 amide bonds. The van der Waals surface area contributed by atoms with E-state index < -0.39 is 23.8 Å². The smallest absolute Gasteiger partial charge is 0.341 e. The van der Waals surface area contributed by atoms with Crippen LogP contribution >= 0.6 is 0 Å². The predicted octanol–water partition coefficient (Wildman–Crippen LogP) is 2.17. The highest BCUT2D eigenvalue weighted by Gasteiger charge is 2.39. The van der Waals surface area contributed by atoms with E-state index in [1.165, 1.54) is 22.2 Å². The summed E-state index contributed by atoms with van der Waals surface area (Å²) in [6, 6.07) is 2.28. The molecule has 0 radical (unpaired) electrons. The van der Waals surface area contributed by atoms with E-state index in [4.69, 9.17) is 4.74 Å². The summed E-state index contributed by atoms with van der Waals surface area (Å²) in [6.07, 6.45) is 6.90. The van der Waals surface area contributed by atoms with Crippen molar-refractivity contribution in [2.75, 3.05) is 13.1 Å². The third kappa shape index (κ3) is 3.63. The van der Waals surface area contributed by atoms with E-state index in [2.05, 4.69) is 25.2 Å². The first-order valence-electron chi connectivity index (χ1n) is 9.88. The Labute approximate surface area is 181 Å². The highest BCUT2D eigenvalue weighted by Crippen LogP contribution is 2.31. The minimum Gasteiger partial charge on any atom is -0.468 e.